The first-order valence-electron chi connectivity index (χ1n) is 8.08. The zero-order valence-electron chi connectivity index (χ0n) is 13.6. The lowest BCUT2D eigenvalue weighted by atomic mass is 9.86. The molecule has 1 aromatic carbocycles. The monoisotopic (exact) mass is 327 g/mol. The van der Waals surface area contributed by atoms with Crippen molar-refractivity contribution in [2.24, 2.45) is 4.99 Å². The molecule has 1 fully saturated rings. The van der Waals surface area contributed by atoms with Crippen LogP contribution in [0.15, 0.2) is 66.0 Å². The van der Waals surface area contributed by atoms with Crippen molar-refractivity contribution in [3.05, 3.63) is 61.0 Å². The van der Waals surface area contributed by atoms with Crippen LogP contribution in [0.25, 0.3) is 0 Å². The standard InChI is InChI=1S/C19H22FN3O/c1-3-6-15(14(2)20)13-21-18-19(9-11-24-12-10-19)23-17-8-5-4-7-16(17)22-18/h3-8,23H,1-2,9-13H2,(H,21,22)/b15-6-. The zero-order valence-corrected chi connectivity index (χ0v) is 13.6. The van der Waals surface area contributed by atoms with Crippen molar-refractivity contribution in [3.8, 4) is 0 Å². The van der Waals surface area contributed by atoms with Crippen molar-refractivity contribution in [3.63, 3.8) is 0 Å². The summed E-state index contributed by atoms with van der Waals surface area (Å²) in [6.45, 7) is 8.54. The Morgan fingerprint density at radius 1 is 1.29 bits per heavy atom. The summed E-state index contributed by atoms with van der Waals surface area (Å²) in [7, 11) is 0. The minimum atomic E-state index is -0.482. The lowest BCUT2D eigenvalue weighted by Crippen LogP contribution is -2.55. The van der Waals surface area contributed by atoms with Gasteiger partial charge >= 0.3 is 0 Å². The van der Waals surface area contributed by atoms with Crippen molar-refractivity contribution in [2.45, 2.75) is 18.4 Å². The largest absolute Gasteiger partial charge is 0.381 e. The molecular weight excluding hydrogens is 305 g/mol. The Balaban J connectivity index is 1.93. The van der Waals surface area contributed by atoms with Crippen LogP contribution in [0, 0.1) is 0 Å². The van der Waals surface area contributed by atoms with Crippen LogP contribution < -0.4 is 10.6 Å². The lowest BCUT2D eigenvalue weighted by molar-refractivity contribution is 0.0778. The molecule has 0 aromatic heterocycles. The fraction of sp³-hybridized carbons (Fsp3) is 0.316. The molecule has 3 rings (SSSR count). The second kappa shape index (κ2) is 7.01. The second-order valence-corrected chi connectivity index (χ2v) is 5.99. The summed E-state index contributed by atoms with van der Waals surface area (Å²) in [6.07, 6.45) is 4.77. The summed E-state index contributed by atoms with van der Waals surface area (Å²) in [5, 5.41) is 7.04. The molecule has 2 aliphatic heterocycles. The predicted molar refractivity (Wildman–Crippen MR) is 97.3 cm³/mol. The number of halogens is 1. The fourth-order valence-electron chi connectivity index (χ4n) is 3.07. The highest BCUT2D eigenvalue weighted by atomic mass is 19.1. The Kier molecular flexibility index (Phi) is 4.81. The average molecular weight is 327 g/mol. The molecule has 126 valence electrons. The van der Waals surface area contributed by atoms with Crippen LogP contribution in [-0.2, 0) is 4.74 Å². The lowest BCUT2D eigenvalue weighted by Gasteiger charge is -2.43. The smallest absolute Gasteiger partial charge is 0.127 e. The van der Waals surface area contributed by atoms with E-state index >= 15 is 0 Å². The van der Waals surface area contributed by atoms with E-state index in [9.17, 15) is 4.39 Å². The maximum Gasteiger partial charge on any atom is 0.127 e. The van der Waals surface area contributed by atoms with Crippen LogP contribution >= 0.6 is 0 Å². The number of hydrogen-bond acceptors (Lipinski definition) is 3. The molecule has 2 N–H and O–H groups in total. The number of ether oxygens (including phenoxy) is 1. The molecular formula is C19H22FN3O. The Labute approximate surface area is 141 Å². The molecule has 1 aromatic rings. The number of para-hydroxylation sites is 2. The second-order valence-electron chi connectivity index (χ2n) is 5.99. The van der Waals surface area contributed by atoms with Gasteiger partial charge in [0.05, 0.1) is 23.5 Å². The molecule has 0 radical (unpaired) electrons. The molecule has 24 heavy (non-hydrogen) atoms. The van der Waals surface area contributed by atoms with E-state index in [4.69, 9.17) is 4.74 Å². The number of hydrogen-bond donors (Lipinski definition) is 2. The summed E-state index contributed by atoms with van der Waals surface area (Å²) in [5.74, 6) is 0.338. The molecule has 5 heteroatoms. The molecule has 2 heterocycles. The van der Waals surface area contributed by atoms with Gasteiger partial charge in [-0.15, -0.1) is 0 Å². The fourth-order valence-corrected chi connectivity index (χ4v) is 3.07. The van der Waals surface area contributed by atoms with Crippen molar-refractivity contribution in [2.75, 3.05) is 30.4 Å². The Morgan fingerprint density at radius 2 is 2.00 bits per heavy atom. The third-order valence-electron chi connectivity index (χ3n) is 4.43. The number of amidine groups is 1. The number of allylic oxidation sites excluding steroid dienone is 2. The van der Waals surface area contributed by atoms with Gasteiger partial charge in [-0.2, -0.15) is 0 Å². The normalized spacial score (nSPS) is 20.9. The first-order valence-corrected chi connectivity index (χ1v) is 8.08. The molecule has 2 aliphatic rings. The Morgan fingerprint density at radius 3 is 2.67 bits per heavy atom. The summed E-state index contributed by atoms with van der Waals surface area (Å²) < 4.78 is 19.1. The molecule has 0 bridgehead atoms. The first kappa shape index (κ1) is 16.5. The van der Waals surface area contributed by atoms with Gasteiger partial charge in [0.2, 0.25) is 0 Å². The van der Waals surface area contributed by atoms with Crippen molar-refractivity contribution >= 4 is 17.2 Å². The molecule has 0 amide bonds. The summed E-state index contributed by atoms with van der Waals surface area (Å²) in [4.78, 5) is 4.67. The van der Waals surface area contributed by atoms with Crippen LogP contribution in [0.5, 0.6) is 0 Å². The van der Waals surface area contributed by atoms with Crippen molar-refractivity contribution < 1.29 is 9.13 Å². The minimum absolute atomic E-state index is 0.218. The average Bonchev–Trinajstić information content (AvgIpc) is 2.59. The number of benzene rings is 1. The topological polar surface area (TPSA) is 45.7 Å². The van der Waals surface area contributed by atoms with E-state index in [0.717, 1.165) is 30.1 Å². The molecule has 4 nitrogen and oxygen atoms in total. The van der Waals surface area contributed by atoms with Crippen LogP contribution in [0.1, 0.15) is 12.8 Å². The summed E-state index contributed by atoms with van der Waals surface area (Å²) in [6, 6.07) is 8.02. The third kappa shape index (κ3) is 3.26. The van der Waals surface area contributed by atoms with Gasteiger partial charge in [0.15, 0.2) is 0 Å². The van der Waals surface area contributed by atoms with E-state index in [1.54, 1.807) is 12.2 Å². The minimum Gasteiger partial charge on any atom is -0.381 e. The number of anilines is 2. The van der Waals surface area contributed by atoms with E-state index in [-0.39, 0.29) is 12.1 Å². The van der Waals surface area contributed by atoms with Gasteiger partial charge in [0.25, 0.3) is 0 Å². The van der Waals surface area contributed by atoms with Crippen molar-refractivity contribution in [1.82, 2.24) is 0 Å². The quantitative estimate of drug-likeness (QED) is 0.820. The molecule has 0 unspecified atom stereocenters. The van der Waals surface area contributed by atoms with Gasteiger partial charge in [-0.05, 0) is 12.1 Å². The first-order chi connectivity index (χ1) is 11.6. The third-order valence-corrected chi connectivity index (χ3v) is 4.43. The number of nitrogens with one attached hydrogen (secondary N) is 2. The van der Waals surface area contributed by atoms with Crippen LogP contribution in [-0.4, -0.2) is 31.1 Å². The van der Waals surface area contributed by atoms with E-state index in [1.807, 2.05) is 24.3 Å². The number of aliphatic imine (C=N–C) groups is 1. The number of rotatable bonds is 4. The van der Waals surface area contributed by atoms with Gasteiger partial charge in [0.1, 0.15) is 11.7 Å². The molecule has 1 spiro atoms. The van der Waals surface area contributed by atoms with E-state index in [1.165, 1.54) is 0 Å². The molecule has 0 aliphatic carbocycles. The highest BCUT2D eigenvalue weighted by molar-refractivity contribution is 6.09. The Bertz CT molecular complexity index is 702. The van der Waals surface area contributed by atoms with E-state index in [0.29, 0.717) is 18.8 Å². The number of nitrogens with zero attached hydrogens (tertiary/aromatic N) is 1. The van der Waals surface area contributed by atoms with Gasteiger partial charge in [-0.3, -0.25) is 4.99 Å². The van der Waals surface area contributed by atoms with E-state index < -0.39 is 5.83 Å². The highest BCUT2D eigenvalue weighted by Gasteiger charge is 2.41. The predicted octanol–water partition coefficient (Wildman–Crippen LogP) is 4.07. The molecule has 0 saturated carbocycles. The number of fused-ring (bicyclic) bond motifs is 1. The molecule has 0 atom stereocenters. The SMILES string of the molecule is C=C/C=C(/CN=C1Nc2ccccc2NC12CCOCC2)C(=C)F. The maximum absolute atomic E-state index is 13.5. The van der Waals surface area contributed by atoms with Crippen LogP contribution in [0.4, 0.5) is 15.8 Å². The van der Waals surface area contributed by atoms with Gasteiger partial charge < -0.3 is 15.4 Å². The van der Waals surface area contributed by atoms with E-state index in [2.05, 4.69) is 28.8 Å². The molecule has 1 saturated heterocycles. The van der Waals surface area contributed by atoms with Crippen LogP contribution in [0.2, 0.25) is 0 Å². The van der Waals surface area contributed by atoms with Gasteiger partial charge in [0, 0.05) is 31.6 Å². The van der Waals surface area contributed by atoms with Gasteiger partial charge in [-0.1, -0.05) is 37.4 Å². The van der Waals surface area contributed by atoms with Crippen molar-refractivity contribution in [1.29, 1.82) is 0 Å². The highest BCUT2D eigenvalue weighted by Crippen LogP contribution is 2.36. The summed E-state index contributed by atoms with van der Waals surface area (Å²) >= 11 is 0. The van der Waals surface area contributed by atoms with Crippen LogP contribution in [0.3, 0.4) is 0 Å². The zero-order chi connectivity index (χ0) is 17.0. The maximum atomic E-state index is 13.5. The van der Waals surface area contributed by atoms with Gasteiger partial charge in [-0.25, -0.2) is 4.39 Å². The summed E-state index contributed by atoms with van der Waals surface area (Å²) in [5.41, 5.74) is 2.15. The Hall–Kier alpha value is -2.40.